The molecule has 0 amide bonds. The van der Waals surface area contributed by atoms with Crippen LogP contribution in [0.5, 0.6) is 0 Å². The molecule has 2 aromatic rings. The Hall–Kier alpha value is -1.32. The summed E-state index contributed by atoms with van der Waals surface area (Å²) in [7, 11) is 0. The van der Waals surface area contributed by atoms with Gasteiger partial charge < -0.3 is 5.43 Å². The summed E-state index contributed by atoms with van der Waals surface area (Å²) in [5.74, 6) is 5.56. The van der Waals surface area contributed by atoms with E-state index in [4.69, 9.17) is 17.4 Å². The summed E-state index contributed by atoms with van der Waals surface area (Å²) in [6.45, 7) is 4.15. The van der Waals surface area contributed by atoms with Crippen LogP contribution in [0.25, 0.3) is 10.9 Å². The van der Waals surface area contributed by atoms with Gasteiger partial charge >= 0.3 is 0 Å². The fraction of sp³-hybridized carbons (Fsp3) is 0.308. The van der Waals surface area contributed by atoms with E-state index in [-0.39, 0.29) is 0 Å². The predicted molar refractivity (Wildman–Crippen MR) is 73.3 cm³/mol. The summed E-state index contributed by atoms with van der Waals surface area (Å²) in [6.07, 6.45) is 2.02. The van der Waals surface area contributed by atoms with E-state index < -0.39 is 0 Å². The molecule has 1 heterocycles. The molecule has 90 valence electrons. The molecule has 3 nitrogen and oxygen atoms in total. The van der Waals surface area contributed by atoms with E-state index in [1.54, 1.807) is 0 Å². The van der Waals surface area contributed by atoms with Crippen LogP contribution in [0.1, 0.15) is 24.6 Å². The number of nitrogens with one attached hydrogen (secondary N) is 1. The molecule has 0 spiro atoms. The van der Waals surface area contributed by atoms with E-state index in [2.05, 4.69) is 17.3 Å². The van der Waals surface area contributed by atoms with Gasteiger partial charge in [-0.3, -0.25) is 10.8 Å². The third kappa shape index (κ3) is 2.35. The van der Waals surface area contributed by atoms with Crippen LogP contribution >= 0.6 is 11.6 Å². The number of aromatic nitrogens is 1. The molecule has 0 saturated heterocycles. The van der Waals surface area contributed by atoms with Gasteiger partial charge in [-0.2, -0.15) is 0 Å². The zero-order chi connectivity index (χ0) is 12.4. The minimum atomic E-state index is 0.705. The molecular formula is C13H16ClN3. The molecule has 0 bridgehead atoms. The molecule has 0 radical (unpaired) electrons. The second kappa shape index (κ2) is 4.90. The summed E-state index contributed by atoms with van der Waals surface area (Å²) in [5, 5.41) is 1.67. The summed E-state index contributed by atoms with van der Waals surface area (Å²) in [6, 6.07) is 5.80. The number of fused-ring (bicyclic) bond motifs is 1. The predicted octanol–water partition coefficient (Wildman–Crippen LogP) is 3.43. The number of anilines is 1. The van der Waals surface area contributed by atoms with Crippen LogP contribution in [-0.2, 0) is 6.42 Å². The number of halogens is 1. The molecule has 0 atom stereocenters. The molecule has 0 unspecified atom stereocenters. The van der Waals surface area contributed by atoms with E-state index in [9.17, 15) is 0 Å². The Bertz CT molecular complexity index is 552. The number of hydrogen-bond donors (Lipinski definition) is 2. The highest BCUT2D eigenvalue weighted by molar-refractivity contribution is 6.31. The molecule has 0 aliphatic rings. The first-order chi connectivity index (χ1) is 8.15. The second-order valence-electron chi connectivity index (χ2n) is 4.17. The summed E-state index contributed by atoms with van der Waals surface area (Å²) in [4.78, 5) is 4.66. The number of rotatable bonds is 3. The summed E-state index contributed by atoms with van der Waals surface area (Å²) >= 11 is 6.06. The molecular weight excluding hydrogens is 234 g/mol. The lowest BCUT2D eigenvalue weighted by molar-refractivity contribution is 0.889. The van der Waals surface area contributed by atoms with Crippen molar-refractivity contribution in [2.24, 2.45) is 5.84 Å². The Morgan fingerprint density at radius 1 is 1.35 bits per heavy atom. The van der Waals surface area contributed by atoms with Gasteiger partial charge in [0.05, 0.1) is 11.2 Å². The lowest BCUT2D eigenvalue weighted by atomic mass is 10.1. The second-order valence-corrected chi connectivity index (χ2v) is 4.61. The standard InChI is InChI=1S/C13H16ClN3/c1-3-4-10-7-12(17-15)11-6-9(14)5-8(2)13(11)16-10/h5-7H,3-4,15H2,1-2H3,(H,16,17). The zero-order valence-corrected chi connectivity index (χ0v) is 10.8. The van der Waals surface area contributed by atoms with E-state index in [1.165, 1.54) is 0 Å². The summed E-state index contributed by atoms with van der Waals surface area (Å²) in [5.41, 5.74) is 6.69. The highest BCUT2D eigenvalue weighted by Gasteiger charge is 2.08. The first-order valence-electron chi connectivity index (χ1n) is 5.72. The largest absolute Gasteiger partial charge is 0.323 e. The first-order valence-corrected chi connectivity index (χ1v) is 6.10. The number of aryl methyl sites for hydroxylation is 2. The Balaban J connectivity index is 2.73. The minimum Gasteiger partial charge on any atom is -0.323 e. The molecule has 0 aliphatic carbocycles. The lowest BCUT2D eigenvalue weighted by Crippen LogP contribution is -2.08. The Labute approximate surface area is 106 Å². The van der Waals surface area contributed by atoms with Crippen molar-refractivity contribution in [3.63, 3.8) is 0 Å². The van der Waals surface area contributed by atoms with E-state index in [0.29, 0.717) is 5.02 Å². The maximum absolute atomic E-state index is 6.06. The molecule has 0 aliphatic heterocycles. The van der Waals surface area contributed by atoms with Crippen molar-refractivity contribution in [1.29, 1.82) is 0 Å². The first kappa shape index (κ1) is 12.1. The van der Waals surface area contributed by atoms with Crippen molar-refractivity contribution in [1.82, 2.24) is 4.98 Å². The summed E-state index contributed by atoms with van der Waals surface area (Å²) < 4.78 is 0. The van der Waals surface area contributed by atoms with E-state index in [1.807, 2.05) is 25.1 Å². The van der Waals surface area contributed by atoms with Crippen molar-refractivity contribution in [2.75, 3.05) is 5.43 Å². The number of hydrogen-bond acceptors (Lipinski definition) is 3. The topological polar surface area (TPSA) is 50.9 Å². The maximum Gasteiger partial charge on any atom is 0.0756 e. The Morgan fingerprint density at radius 3 is 2.76 bits per heavy atom. The molecule has 2 rings (SSSR count). The highest BCUT2D eigenvalue weighted by Crippen LogP contribution is 2.28. The van der Waals surface area contributed by atoms with Gasteiger partial charge in [0.25, 0.3) is 0 Å². The van der Waals surface area contributed by atoms with Crippen LogP contribution in [0.2, 0.25) is 5.02 Å². The van der Waals surface area contributed by atoms with Crippen LogP contribution in [-0.4, -0.2) is 4.98 Å². The molecule has 0 saturated carbocycles. The average Bonchev–Trinajstić information content (AvgIpc) is 2.29. The van der Waals surface area contributed by atoms with Crippen molar-refractivity contribution in [3.05, 3.63) is 34.5 Å². The molecule has 0 fully saturated rings. The van der Waals surface area contributed by atoms with Gasteiger partial charge in [-0.15, -0.1) is 0 Å². The van der Waals surface area contributed by atoms with Gasteiger partial charge in [0.2, 0.25) is 0 Å². The number of benzene rings is 1. The smallest absolute Gasteiger partial charge is 0.0756 e. The van der Waals surface area contributed by atoms with Gasteiger partial charge in [-0.25, -0.2) is 0 Å². The van der Waals surface area contributed by atoms with Crippen molar-refractivity contribution < 1.29 is 0 Å². The molecule has 1 aromatic heterocycles. The third-order valence-electron chi connectivity index (χ3n) is 2.78. The molecule has 4 heteroatoms. The lowest BCUT2D eigenvalue weighted by Gasteiger charge is -2.11. The number of nitrogens with zero attached hydrogens (tertiary/aromatic N) is 1. The average molecular weight is 250 g/mol. The monoisotopic (exact) mass is 249 g/mol. The fourth-order valence-corrected chi connectivity index (χ4v) is 2.29. The van der Waals surface area contributed by atoms with Crippen molar-refractivity contribution in [3.8, 4) is 0 Å². The van der Waals surface area contributed by atoms with Crippen molar-refractivity contribution >= 4 is 28.2 Å². The van der Waals surface area contributed by atoms with E-state index in [0.717, 1.165) is 40.7 Å². The number of nitrogens with two attached hydrogens (primary N) is 1. The van der Waals surface area contributed by atoms with Gasteiger partial charge in [0.1, 0.15) is 0 Å². The zero-order valence-electron chi connectivity index (χ0n) is 10.0. The fourth-order valence-electron chi connectivity index (χ4n) is 2.01. The van der Waals surface area contributed by atoms with Gasteiger partial charge in [0.15, 0.2) is 0 Å². The Morgan fingerprint density at radius 2 is 2.12 bits per heavy atom. The number of pyridine rings is 1. The minimum absolute atomic E-state index is 0.705. The Kier molecular flexibility index (Phi) is 3.50. The van der Waals surface area contributed by atoms with Gasteiger partial charge in [-0.05, 0) is 37.1 Å². The highest BCUT2D eigenvalue weighted by atomic mass is 35.5. The quantitative estimate of drug-likeness (QED) is 0.647. The van der Waals surface area contributed by atoms with Gasteiger partial charge in [-0.1, -0.05) is 24.9 Å². The number of hydrazine groups is 1. The molecule has 3 N–H and O–H groups in total. The SMILES string of the molecule is CCCc1cc(NN)c2cc(Cl)cc(C)c2n1. The third-order valence-corrected chi connectivity index (χ3v) is 3.00. The molecule has 17 heavy (non-hydrogen) atoms. The maximum atomic E-state index is 6.06. The van der Waals surface area contributed by atoms with Crippen LogP contribution in [0.3, 0.4) is 0 Å². The number of nitrogen functional groups attached to an aromatic ring is 1. The molecule has 1 aromatic carbocycles. The van der Waals surface area contributed by atoms with Crippen LogP contribution in [0, 0.1) is 6.92 Å². The van der Waals surface area contributed by atoms with Crippen molar-refractivity contribution in [2.45, 2.75) is 26.7 Å². The van der Waals surface area contributed by atoms with E-state index >= 15 is 0 Å². The van der Waals surface area contributed by atoms with Crippen LogP contribution in [0.4, 0.5) is 5.69 Å². The van der Waals surface area contributed by atoms with Gasteiger partial charge in [0, 0.05) is 16.1 Å². The van der Waals surface area contributed by atoms with Crippen LogP contribution < -0.4 is 11.3 Å². The van der Waals surface area contributed by atoms with Crippen LogP contribution in [0.15, 0.2) is 18.2 Å². The normalized spacial score (nSPS) is 10.8.